The number of nitrogens with two attached hydrogens (primary N) is 1. The highest BCUT2D eigenvalue weighted by atomic mass is 32.2. The molecule has 1 rings (SSSR count). The number of nitrogen functional groups attached to an aromatic ring is 1. The second-order valence-corrected chi connectivity index (χ2v) is 5.40. The zero-order chi connectivity index (χ0) is 10.7. The third-order valence-corrected chi connectivity index (χ3v) is 3.85. The maximum Gasteiger partial charge on any atom is 0.0534 e. The van der Waals surface area contributed by atoms with Crippen molar-refractivity contribution in [1.29, 1.82) is 0 Å². The van der Waals surface area contributed by atoms with Crippen molar-refractivity contribution in [2.24, 2.45) is 5.92 Å². The predicted molar refractivity (Wildman–Crippen MR) is 61.7 cm³/mol. The summed E-state index contributed by atoms with van der Waals surface area (Å²) in [5, 5.41) is 0. The van der Waals surface area contributed by atoms with Crippen LogP contribution in [0, 0.1) is 12.8 Å². The molecule has 1 atom stereocenters. The molecule has 0 aliphatic heterocycles. The van der Waals surface area contributed by atoms with Crippen LogP contribution in [-0.4, -0.2) is 9.96 Å². The molecule has 0 saturated heterocycles. The van der Waals surface area contributed by atoms with E-state index < -0.39 is 10.8 Å². The van der Waals surface area contributed by atoms with Crippen LogP contribution in [-0.2, 0) is 10.8 Å². The lowest BCUT2D eigenvalue weighted by Crippen LogP contribution is -2.06. The number of hydrogen-bond acceptors (Lipinski definition) is 2. The minimum atomic E-state index is -0.889. The van der Waals surface area contributed by atoms with Crippen LogP contribution in [0.25, 0.3) is 0 Å². The predicted octanol–water partition coefficient (Wildman–Crippen LogP) is 2.34. The lowest BCUT2D eigenvalue weighted by atomic mass is 10.2. The van der Waals surface area contributed by atoms with Crippen LogP contribution in [0.5, 0.6) is 0 Å². The molecule has 1 aromatic carbocycles. The Morgan fingerprint density at radius 3 is 2.57 bits per heavy atom. The molecular formula is C11H17NOS. The second kappa shape index (κ2) is 4.60. The smallest absolute Gasteiger partial charge is 0.0534 e. The van der Waals surface area contributed by atoms with Gasteiger partial charge in [-0.3, -0.25) is 4.21 Å². The number of anilines is 1. The Morgan fingerprint density at radius 1 is 1.43 bits per heavy atom. The Morgan fingerprint density at radius 2 is 2.07 bits per heavy atom. The minimum absolute atomic E-state index is 0.452. The average molecular weight is 211 g/mol. The first kappa shape index (κ1) is 11.2. The Labute approximate surface area is 88.0 Å². The van der Waals surface area contributed by atoms with Crippen molar-refractivity contribution in [1.82, 2.24) is 0 Å². The molecule has 0 fully saturated rings. The van der Waals surface area contributed by atoms with E-state index in [1.807, 2.05) is 19.1 Å². The molecule has 0 bridgehead atoms. The van der Waals surface area contributed by atoms with Crippen LogP contribution >= 0.6 is 0 Å². The molecule has 0 saturated carbocycles. The first-order chi connectivity index (χ1) is 6.50. The summed E-state index contributed by atoms with van der Waals surface area (Å²) in [7, 11) is -0.889. The van der Waals surface area contributed by atoms with E-state index in [9.17, 15) is 4.21 Å². The van der Waals surface area contributed by atoms with Crippen molar-refractivity contribution < 1.29 is 4.21 Å². The van der Waals surface area contributed by atoms with Crippen LogP contribution in [0.3, 0.4) is 0 Å². The second-order valence-electron chi connectivity index (χ2n) is 3.93. The van der Waals surface area contributed by atoms with Crippen molar-refractivity contribution in [2.45, 2.75) is 25.7 Å². The number of hydrogen-bond donors (Lipinski definition) is 1. The zero-order valence-corrected chi connectivity index (χ0v) is 9.73. The van der Waals surface area contributed by atoms with Crippen molar-refractivity contribution in [3.05, 3.63) is 23.8 Å². The van der Waals surface area contributed by atoms with Gasteiger partial charge in [0, 0.05) is 16.3 Å². The summed E-state index contributed by atoms with van der Waals surface area (Å²) in [5.74, 6) is 1.16. The van der Waals surface area contributed by atoms with E-state index in [0.717, 1.165) is 16.1 Å². The highest BCUT2D eigenvalue weighted by Crippen LogP contribution is 2.17. The number of rotatable bonds is 3. The molecule has 0 aliphatic rings. The first-order valence-corrected chi connectivity index (χ1v) is 6.07. The van der Waals surface area contributed by atoms with E-state index in [2.05, 4.69) is 13.8 Å². The van der Waals surface area contributed by atoms with Crippen LogP contribution < -0.4 is 5.73 Å². The van der Waals surface area contributed by atoms with Gasteiger partial charge in [-0.05, 0) is 36.6 Å². The fourth-order valence-corrected chi connectivity index (χ4v) is 2.74. The topological polar surface area (TPSA) is 43.1 Å². The van der Waals surface area contributed by atoms with Gasteiger partial charge < -0.3 is 5.73 Å². The van der Waals surface area contributed by atoms with Gasteiger partial charge in [0.25, 0.3) is 0 Å². The van der Waals surface area contributed by atoms with Gasteiger partial charge in [0.1, 0.15) is 0 Å². The van der Waals surface area contributed by atoms with E-state index in [4.69, 9.17) is 5.73 Å². The number of aryl methyl sites for hydroxylation is 1. The lowest BCUT2D eigenvalue weighted by molar-refractivity contribution is 0.664. The molecule has 1 unspecified atom stereocenters. The summed E-state index contributed by atoms with van der Waals surface area (Å²) in [5.41, 5.74) is 7.38. The van der Waals surface area contributed by atoms with E-state index in [-0.39, 0.29) is 0 Å². The maximum absolute atomic E-state index is 11.9. The summed E-state index contributed by atoms with van der Waals surface area (Å²) < 4.78 is 11.9. The molecule has 0 amide bonds. The van der Waals surface area contributed by atoms with Crippen molar-refractivity contribution in [3.8, 4) is 0 Å². The summed E-state index contributed by atoms with van der Waals surface area (Å²) in [6.07, 6.45) is 0. The molecule has 78 valence electrons. The molecule has 0 radical (unpaired) electrons. The summed E-state index contributed by atoms with van der Waals surface area (Å²) in [4.78, 5) is 0.910. The van der Waals surface area contributed by atoms with Gasteiger partial charge >= 0.3 is 0 Å². The van der Waals surface area contributed by atoms with Gasteiger partial charge in [-0.2, -0.15) is 0 Å². The normalized spacial score (nSPS) is 13.1. The standard InChI is InChI=1S/C11H17NOS/c1-8(2)7-14(13)11-5-4-10(12)6-9(11)3/h4-6,8H,7,12H2,1-3H3. The Balaban J connectivity index is 2.90. The minimum Gasteiger partial charge on any atom is -0.399 e. The van der Waals surface area contributed by atoms with Gasteiger partial charge in [0.05, 0.1) is 10.8 Å². The highest BCUT2D eigenvalue weighted by molar-refractivity contribution is 7.85. The van der Waals surface area contributed by atoms with Crippen LogP contribution in [0.15, 0.2) is 23.1 Å². The molecule has 2 N–H and O–H groups in total. The van der Waals surface area contributed by atoms with Crippen LogP contribution in [0.2, 0.25) is 0 Å². The number of benzene rings is 1. The monoisotopic (exact) mass is 211 g/mol. The molecule has 0 aliphatic carbocycles. The molecule has 14 heavy (non-hydrogen) atoms. The Bertz CT molecular complexity index is 347. The van der Waals surface area contributed by atoms with Gasteiger partial charge in [-0.25, -0.2) is 0 Å². The molecule has 0 heterocycles. The largest absolute Gasteiger partial charge is 0.399 e. The van der Waals surface area contributed by atoms with Gasteiger partial charge in [-0.1, -0.05) is 13.8 Å². The molecule has 1 aromatic rings. The Kier molecular flexibility index (Phi) is 3.69. The van der Waals surface area contributed by atoms with E-state index in [1.54, 1.807) is 6.07 Å². The van der Waals surface area contributed by atoms with Gasteiger partial charge in [0.15, 0.2) is 0 Å². The maximum atomic E-state index is 11.9. The van der Waals surface area contributed by atoms with E-state index >= 15 is 0 Å². The fraction of sp³-hybridized carbons (Fsp3) is 0.455. The van der Waals surface area contributed by atoms with Gasteiger partial charge in [-0.15, -0.1) is 0 Å². The van der Waals surface area contributed by atoms with E-state index in [0.29, 0.717) is 11.7 Å². The molecule has 0 aromatic heterocycles. The fourth-order valence-electron chi connectivity index (χ4n) is 1.32. The summed E-state index contributed by atoms with van der Waals surface area (Å²) in [6.45, 7) is 6.10. The Hall–Kier alpha value is -0.830. The highest BCUT2D eigenvalue weighted by Gasteiger charge is 2.08. The summed E-state index contributed by atoms with van der Waals surface area (Å²) in [6, 6.07) is 5.54. The van der Waals surface area contributed by atoms with Crippen molar-refractivity contribution in [2.75, 3.05) is 11.5 Å². The molecule has 3 heteroatoms. The average Bonchev–Trinajstić information content (AvgIpc) is 2.01. The first-order valence-electron chi connectivity index (χ1n) is 4.75. The van der Waals surface area contributed by atoms with Crippen molar-refractivity contribution >= 4 is 16.5 Å². The summed E-state index contributed by atoms with van der Waals surface area (Å²) >= 11 is 0. The van der Waals surface area contributed by atoms with E-state index in [1.165, 1.54) is 0 Å². The zero-order valence-electron chi connectivity index (χ0n) is 8.91. The third-order valence-electron chi connectivity index (χ3n) is 1.93. The molecular weight excluding hydrogens is 194 g/mol. The SMILES string of the molecule is Cc1cc(N)ccc1S(=O)CC(C)C. The lowest BCUT2D eigenvalue weighted by Gasteiger charge is -2.08. The third kappa shape index (κ3) is 2.84. The van der Waals surface area contributed by atoms with Crippen molar-refractivity contribution in [3.63, 3.8) is 0 Å². The van der Waals surface area contributed by atoms with Gasteiger partial charge in [0.2, 0.25) is 0 Å². The molecule has 0 spiro atoms. The van der Waals surface area contributed by atoms with Crippen LogP contribution in [0.4, 0.5) is 5.69 Å². The van der Waals surface area contributed by atoms with Crippen LogP contribution in [0.1, 0.15) is 19.4 Å². The molecule has 2 nitrogen and oxygen atoms in total. The quantitative estimate of drug-likeness (QED) is 0.780.